The molecule has 1 atom stereocenters. The topological polar surface area (TPSA) is 64.4 Å². The summed E-state index contributed by atoms with van der Waals surface area (Å²) in [4.78, 5) is 11.7. The zero-order valence-electron chi connectivity index (χ0n) is 13.6. The SMILES string of the molecule is CC(C)C[C@H](N)C(=O)NCCSCCOc1cccc(Br)c1.Cl. The number of nitrogens with two attached hydrogens (primary N) is 1. The molecule has 0 aromatic heterocycles. The van der Waals surface area contributed by atoms with Crippen LogP contribution < -0.4 is 15.8 Å². The van der Waals surface area contributed by atoms with Gasteiger partial charge in [0.05, 0.1) is 12.6 Å². The standard InChI is InChI=1S/C16H25BrN2O2S.ClH/c1-12(2)10-15(18)16(20)19-6-8-22-9-7-21-14-5-3-4-13(17)11-14;/h3-5,11-12,15H,6-10,18H2,1-2H3,(H,19,20);1H/t15-;/m0./s1. The minimum atomic E-state index is -0.398. The summed E-state index contributed by atoms with van der Waals surface area (Å²) in [5.74, 6) is 3.00. The quantitative estimate of drug-likeness (QED) is 0.563. The molecule has 0 aliphatic carbocycles. The largest absolute Gasteiger partial charge is 0.493 e. The highest BCUT2D eigenvalue weighted by molar-refractivity contribution is 9.10. The molecule has 132 valence electrons. The lowest BCUT2D eigenvalue weighted by molar-refractivity contribution is -0.122. The Morgan fingerprint density at radius 2 is 2.13 bits per heavy atom. The number of nitrogens with one attached hydrogen (secondary N) is 1. The summed E-state index contributed by atoms with van der Waals surface area (Å²) in [6.07, 6.45) is 0.722. The van der Waals surface area contributed by atoms with Crippen molar-refractivity contribution < 1.29 is 9.53 Å². The molecule has 0 saturated carbocycles. The smallest absolute Gasteiger partial charge is 0.236 e. The second-order valence-corrected chi connectivity index (χ2v) is 7.59. The van der Waals surface area contributed by atoms with Crippen molar-refractivity contribution in [2.45, 2.75) is 26.3 Å². The van der Waals surface area contributed by atoms with Gasteiger partial charge in [0, 0.05) is 22.5 Å². The number of halogens is 2. The van der Waals surface area contributed by atoms with Gasteiger partial charge in [-0.15, -0.1) is 12.4 Å². The lowest BCUT2D eigenvalue weighted by atomic mass is 10.0. The Kier molecular flexibility index (Phi) is 12.7. The lowest BCUT2D eigenvalue weighted by Crippen LogP contribution is -2.42. The van der Waals surface area contributed by atoms with Gasteiger partial charge in [0.25, 0.3) is 0 Å². The molecule has 1 aromatic rings. The molecule has 0 saturated heterocycles. The Labute approximate surface area is 157 Å². The van der Waals surface area contributed by atoms with Crippen LogP contribution in [0.1, 0.15) is 20.3 Å². The first-order valence-electron chi connectivity index (χ1n) is 7.48. The third-order valence-corrected chi connectivity index (χ3v) is 4.34. The Bertz CT molecular complexity index is 463. The van der Waals surface area contributed by atoms with Crippen LogP contribution in [0.15, 0.2) is 28.7 Å². The van der Waals surface area contributed by atoms with E-state index in [1.165, 1.54) is 0 Å². The van der Waals surface area contributed by atoms with Crippen molar-refractivity contribution in [3.05, 3.63) is 28.7 Å². The lowest BCUT2D eigenvalue weighted by Gasteiger charge is -2.14. The fourth-order valence-electron chi connectivity index (χ4n) is 1.87. The average molecular weight is 426 g/mol. The molecule has 0 radical (unpaired) electrons. The van der Waals surface area contributed by atoms with Crippen LogP contribution >= 0.6 is 40.1 Å². The Hall–Kier alpha value is -0.430. The van der Waals surface area contributed by atoms with E-state index in [9.17, 15) is 4.79 Å². The maximum Gasteiger partial charge on any atom is 0.236 e. The highest BCUT2D eigenvalue weighted by Crippen LogP contribution is 2.17. The number of thioether (sulfide) groups is 1. The zero-order valence-corrected chi connectivity index (χ0v) is 16.8. The fraction of sp³-hybridized carbons (Fsp3) is 0.562. The first-order chi connectivity index (χ1) is 10.5. The van der Waals surface area contributed by atoms with Crippen molar-refractivity contribution >= 4 is 46.0 Å². The predicted molar refractivity (Wildman–Crippen MR) is 105 cm³/mol. The fourth-order valence-corrected chi connectivity index (χ4v) is 2.90. The Morgan fingerprint density at radius 3 is 2.78 bits per heavy atom. The maximum absolute atomic E-state index is 11.7. The highest BCUT2D eigenvalue weighted by Gasteiger charge is 2.13. The van der Waals surface area contributed by atoms with Crippen molar-refractivity contribution in [3.8, 4) is 5.75 Å². The molecule has 7 heteroatoms. The summed E-state index contributed by atoms with van der Waals surface area (Å²) in [6.45, 7) is 5.43. The predicted octanol–water partition coefficient (Wildman–Crippen LogP) is 3.47. The first kappa shape index (κ1) is 22.6. The van der Waals surface area contributed by atoms with Gasteiger partial charge in [0.2, 0.25) is 5.91 Å². The summed E-state index contributed by atoms with van der Waals surface area (Å²) in [5.41, 5.74) is 5.81. The molecule has 0 heterocycles. The van der Waals surface area contributed by atoms with Gasteiger partial charge in [-0.2, -0.15) is 11.8 Å². The van der Waals surface area contributed by atoms with E-state index in [0.29, 0.717) is 19.1 Å². The van der Waals surface area contributed by atoms with Gasteiger partial charge in [-0.05, 0) is 30.5 Å². The number of amides is 1. The summed E-state index contributed by atoms with van der Waals surface area (Å²) in [7, 11) is 0. The van der Waals surface area contributed by atoms with Crippen LogP contribution in [-0.2, 0) is 4.79 Å². The first-order valence-corrected chi connectivity index (χ1v) is 9.43. The number of hydrogen-bond acceptors (Lipinski definition) is 4. The van der Waals surface area contributed by atoms with Crippen molar-refractivity contribution in [2.75, 3.05) is 24.7 Å². The number of benzene rings is 1. The normalized spacial score (nSPS) is 11.7. The van der Waals surface area contributed by atoms with Crippen LogP contribution in [0.3, 0.4) is 0 Å². The molecule has 4 nitrogen and oxygen atoms in total. The maximum atomic E-state index is 11.7. The Balaban J connectivity index is 0.00000484. The van der Waals surface area contributed by atoms with E-state index < -0.39 is 6.04 Å². The van der Waals surface area contributed by atoms with Crippen molar-refractivity contribution in [1.82, 2.24) is 5.32 Å². The van der Waals surface area contributed by atoms with Crippen molar-refractivity contribution in [2.24, 2.45) is 11.7 Å². The number of carbonyl (C=O) groups is 1. The highest BCUT2D eigenvalue weighted by atomic mass is 79.9. The van der Waals surface area contributed by atoms with E-state index >= 15 is 0 Å². The van der Waals surface area contributed by atoms with E-state index in [1.54, 1.807) is 11.8 Å². The molecule has 23 heavy (non-hydrogen) atoms. The number of carbonyl (C=O) groups excluding carboxylic acids is 1. The summed E-state index contributed by atoms with van der Waals surface area (Å²) >= 11 is 5.16. The van der Waals surface area contributed by atoms with Gasteiger partial charge in [0.1, 0.15) is 5.75 Å². The second kappa shape index (κ2) is 12.9. The third kappa shape index (κ3) is 10.9. The molecular formula is C16H26BrClN2O2S. The van der Waals surface area contributed by atoms with Crippen molar-refractivity contribution in [3.63, 3.8) is 0 Å². The summed E-state index contributed by atoms with van der Waals surface area (Å²) in [6, 6.07) is 7.40. The Morgan fingerprint density at radius 1 is 1.39 bits per heavy atom. The molecule has 1 rings (SSSR count). The van der Waals surface area contributed by atoms with E-state index in [1.807, 2.05) is 24.3 Å². The average Bonchev–Trinajstić information content (AvgIpc) is 2.45. The van der Waals surface area contributed by atoms with E-state index in [-0.39, 0.29) is 18.3 Å². The number of rotatable bonds is 10. The van der Waals surface area contributed by atoms with E-state index in [2.05, 4.69) is 35.1 Å². The summed E-state index contributed by atoms with van der Waals surface area (Å²) < 4.78 is 6.65. The molecule has 0 unspecified atom stereocenters. The van der Waals surface area contributed by atoms with Crippen LogP contribution in [0.25, 0.3) is 0 Å². The van der Waals surface area contributed by atoms with Gasteiger partial charge >= 0.3 is 0 Å². The molecule has 3 N–H and O–H groups in total. The van der Waals surface area contributed by atoms with Crippen LogP contribution in [0.5, 0.6) is 5.75 Å². The zero-order chi connectivity index (χ0) is 16.4. The van der Waals surface area contributed by atoms with E-state index in [0.717, 1.165) is 28.1 Å². The van der Waals surface area contributed by atoms with Crippen LogP contribution in [0.2, 0.25) is 0 Å². The molecule has 0 fully saturated rings. The molecule has 0 aliphatic heterocycles. The van der Waals surface area contributed by atoms with Crippen LogP contribution in [0.4, 0.5) is 0 Å². The van der Waals surface area contributed by atoms with E-state index in [4.69, 9.17) is 10.5 Å². The monoisotopic (exact) mass is 424 g/mol. The number of hydrogen-bond donors (Lipinski definition) is 2. The van der Waals surface area contributed by atoms with Gasteiger partial charge in [0.15, 0.2) is 0 Å². The van der Waals surface area contributed by atoms with Gasteiger partial charge in [-0.25, -0.2) is 0 Å². The second-order valence-electron chi connectivity index (χ2n) is 5.45. The van der Waals surface area contributed by atoms with Crippen LogP contribution in [-0.4, -0.2) is 36.6 Å². The van der Waals surface area contributed by atoms with Crippen molar-refractivity contribution in [1.29, 1.82) is 0 Å². The van der Waals surface area contributed by atoms with Gasteiger partial charge in [-0.1, -0.05) is 35.8 Å². The summed E-state index contributed by atoms with van der Waals surface area (Å²) in [5, 5.41) is 2.87. The van der Waals surface area contributed by atoms with Gasteiger partial charge < -0.3 is 15.8 Å². The molecule has 0 spiro atoms. The number of ether oxygens (including phenoxy) is 1. The molecule has 1 amide bonds. The molecule has 0 aliphatic rings. The molecule has 1 aromatic carbocycles. The molecule has 0 bridgehead atoms. The molecular weight excluding hydrogens is 400 g/mol. The minimum Gasteiger partial charge on any atom is -0.493 e. The van der Waals surface area contributed by atoms with Gasteiger partial charge in [-0.3, -0.25) is 4.79 Å². The van der Waals surface area contributed by atoms with Crippen LogP contribution in [0, 0.1) is 5.92 Å². The third-order valence-electron chi connectivity index (χ3n) is 2.90. The minimum absolute atomic E-state index is 0.